The summed E-state index contributed by atoms with van der Waals surface area (Å²) in [4.78, 5) is 45.8. The van der Waals surface area contributed by atoms with Crippen LogP contribution in [-0.4, -0.2) is 79.2 Å². The third-order valence-corrected chi connectivity index (χ3v) is 18.3. The Balaban J connectivity index is 1.25. The van der Waals surface area contributed by atoms with Crippen molar-refractivity contribution < 1.29 is 38.5 Å². The minimum atomic E-state index is -2.98. The number of amides is 2. The summed E-state index contributed by atoms with van der Waals surface area (Å²) in [7, 11) is -1.44. The van der Waals surface area contributed by atoms with Crippen molar-refractivity contribution in [2.24, 2.45) is 17.8 Å². The van der Waals surface area contributed by atoms with Gasteiger partial charge in [0.1, 0.15) is 0 Å². The van der Waals surface area contributed by atoms with Crippen LogP contribution in [0.25, 0.3) is 11.6 Å². The second kappa shape index (κ2) is 19.2. The summed E-state index contributed by atoms with van der Waals surface area (Å²) < 4.78 is 20.4. The lowest BCUT2D eigenvalue weighted by Gasteiger charge is -2.44. The molecule has 2 aliphatic heterocycles. The standard InChI is InChI=1S/C49H55IN2O8Si/c1-49(2,3)61(35-16-8-5-9-17-35,36-18-10-6-11-19-36)60-30-34-29-37-45(48(57)52(47(37)56)25-15-7-12-21-43(53)54)38-31-59-41(44(34)38)23-22-33(40-20-13-14-24-51-40)26-32-27-39(50)46(55)42(28-32)58-4/h5-6,8-11,13-14,16-20,24,26-28,37-38,41,45,55H,7,12,15,21-23,25,29-31H2,1-4H3,(H,53,54)/b33-26-/t37-,38+,41-,45-/m1/s1. The van der Waals surface area contributed by atoms with E-state index in [2.05, 4.69) is 98.0 Å². The van der Waals surface area contributed by atoms with Gasteiger partial charge in [-0.2, -0.15) is 0 Å². The lowest BCUT2D eigenvalue weighted by molar-refractivity contribution is -0.141. The van der Waals surface area contributed by atoms with Crippen LogP contribution in [0.5, 0.6) is 11.5 Å². The van der Waals surface area contributed by atoms with Crippen molar-refractivity contribution >= 4 is 70.7 Å². The highest BCUT2D eigenvalue weighted by atomic mass is 127. The molecule has 2 fully saturated rings. The summed E-state index contributed by atoms with van der Waals surface area (Å²) >= 11 is 2.10. The van der Waals surface area contributed by atoms with E-state index in [1.165, 1.54) is 12.0 Å². The number of aromatic nitrogens is 1. The van der Waals surface area contributed by atoms with Gasteiger partial charge in [0, 0.05) is 25.1 Å². The smallest absolute Gasteiger partial charge is 0.303 e. The predicted octanol–water partition coefficient (Wildman–Crippen LogP) is 8.26. The summed E-state index contributed by atoms with van der Waals surface area (Å²) in [5.74, 6) is -2.00. The lowest BCUT2D eigenvalue weighted by atomic mass is 9.69. The molecule has 2 amide bonds. The van der Waals surface area contributed by atoms with Crippen molar-refractivity contribution in [1.29, 1.82) is 0 Å². The maximum atomic E-state index is 14.3. The molecule has 0 saturated carbocycles. The van der Waals surface area contributed by atoms with Gasteiger partial charge in [-0.1, -0.05) is 93.9 Å². The van der Waals surface area contributed by atoms with Gasteiger partial charge in [-0.3, -0.25) is 24.3 Å². The number of methoxy groups -OCH3 is 1. The molecule has 4 atom stereocenters. The fraction of sp³-hybridized carbons (Fsp3) is 0.388. The van der Waals surface area contributed by atoms with E-state index in [0.29, 0.717) is 61.1 Å². The van der Waals surface area contributed by atoms with Crippen LogP contribution in [0.4, 0.5) is 0 Å². The van der Waals surface area contributed by atoms with E-state index in [0.717, 1.165) is 38.4 Å². The number of aromatic hydroxyl groups is 1. The first-order valence-corrected chi connectivity index (χ1v) is 24.2. The number of hydrogen-bond acceptors (Lipinski definition) is 8. The topological polar surface area (TPSA) is 135 Å². The van der Waals surface area contributed by atoms with Crippen LogP contribution in [-0.2, 0) is 23.5 Å². The van der Waals surface area contributed by atoms with Crippen LogP contribution < -0.4 is 15.1 Å². The first-order chi connectivity index (χ1) is 29.3. The molecule has 3 aromatic carbocycles. The predicted molar refractivity (Wildman–Crippen MR) is 247 cm³/mol. The number of rotatable bonds is 17. The number of aliphatic carboxylic acids is 1. The number of halogens is 1. The molecule has 1 aliphatic carbocycles. The van der Waals surface area contributed by atoms with E-state index in [9.17, 15) is 19.5 Å². The molecule has 3 aliphatic rings. The summed E-state index contributed by atoms with van der Waals surface area (Å²) in [6.07, 6.45) is 6.89. The van der Waals surface area contributed by atoms with Gasteiger partial charge < -0.3 is 24.1 Å². The van der Waals surface area contributed by atoms with Crippen LogP contribution in [0.1, 0.15) is 77.0 Å². The third-order valence-electron chi connectivity index (χ3n) is 12.5. The van der Waals surface area contributed by atoms with Crippen molar-refractivity contribution in [3.63, 3.8) is 0 Å². The van der Waals surface area contributed by atoms with E-state index in [4.69, 9.17) is 24.0 Å². The molecule has 61 heavy (non-hydrogen) atoms. The second-order valence-corrected chi connectivity index (χ2v) is 22.8. The second-order valence-electron chi connectivity index (χ2n) is 17.3. The first-order valence-electron chi connectivity index (χ1n) is 21.2. The highest BCUT2D eigenvalue weighted by Gasteiger charge is 2.57. The number of carbonyl (C=O) groups excluding carboxylic acids is 2. The van der Waals surface area contributed by atoms with Crippen LogP contribution in [0, 0.1) is 21.3 Å². The van der Waals surface area contributed by atoms with Crippen molar-refractivity contribution in [2.45, 2.75) is 76.9 Å². The van der Waals surface area contributed by atoms with E-state index in [1.54, 1.807) is 6.20 Å². The van der Waals surface area contributed by atoms with Crippen LogP contribution in [0.15, 0.2) is 108 Å². The molecular weight excluding hydrogens is 900 g/mol. The molecule has 12 heteroatoms. The van der Waals surface area contributed by atoms with Crippen LogP contribution >= 0.6 is 22.6 Å². The molecule has 0 unspecified atom stereocenters. The Morgan fingerprint density at radius 3 is 2.25 bits per heavy atom. The number of hydrogen-bond donors (Lipinski definition) is 2. The number of likely N-dealkylation sites (tertiary alicyclic amines) is 1. The van der Waals surface area contributed by atoms with E-state index < -0.39 is 26.1 Å². The molecule has 2 saturated heterocycles. The number of carboxylic acid groups (broad SMARTS) is 1. The first kappa shape index (κ1) is 44.4. The highest BCUT2D eigenvalue weighted by Crippen LogP contribution is 2.51. The summed E-state index contributed by atoms with van der Waals surface area (Å²) in [6, 6.07) is 30.6. The Morgan fingerprint density at radius 1 is 0.934 bits per heavy atom. The van der Waals surface area contributed by atoms with Crippen LogP contribution in [0.2, 0.25) is 5.04 Å². The van der Waals surface area contributed by atoms with E-state index >= 15 is 0 Å². The van der Waals surface area contributed by atoms with Crippen LogP contribution in [0.3, 0.4) is 0 Å². The number of phenols is 1. The zero-order valence-electron chi connectivity index (χ0n) is 35.3. The third kappa shape index (κ3) is 9.28. The van der Waals surface area contributed by atoms with Gasteiger partial charge in [-0.15, -0.1) is 0 Å². The number of imide groups is 1. The Bertz CT molecular complexity index is 2240. The fourth-order valence-electron chi connectivity index (χ4n) is 9.72. The number of benzene rings is 3. The number of unbranched alkanes of at least 4 members (excludes halogenated alkanes) is 2. The lowest BCUT2D eigenvalue weighted by Crippen LogP contribution is -2.66. The molecule has 0 radical (unpaired) electrons. The fourth-order valence-corrected chi connectivity index (χ4v) is 14.9. The van der Waals surface area contributed by atoms with Gasteiger partial charge in [0.25, 0.3) is 8.32 Å². The molecule has 3 heterocycles. The normalized spacial score (nSPS) is 20.5. The number of allylic oxidation sites excluding steroid dienone is 1. The van der Waals surface area contributed by atoms with E-state index in [-0.39, 0.29) is 47.6 Å². The van der Waals surface area contributed by atoms with Gasteiger partial charge in [0.05, 0.1) is 47.5 Å². The average molecular weight is 955 g/mol. The highest BCUT2D eigenvalue weighted by molar-refractivity contribution is 14.1. The number of phenolic OH excluding ortho intramolecular Hbond substituents is 1. The zero-order chi connectivity index (χ0) is 43.3. The van der Waals surface area contributed by atoms with Crippen molar-refractivity contribution in [1.82, 2.24) is 9.88 Å². The van der Waals surface area contributed by atoms with Gasteiger partial charge >= 0.3 is 5.97 Å². The molecule has 320 valence electrons. The van der Waals surface area contributed by atoms with Gasteiger partial charge in [-0.05, 0) is 123 Å². The summed E-state index contributed by atoms with van der Waals surface area (Å²) in [6.45, 7) is 7.66. The maximum Gasteiger partial charge on any atom is 0.303 e. The minimum absolute atomic E-state index is 0.0651. The molecule has 10 nitrogen and oxygen atoms in total. The van der Waals surface area contributed by atoms with Crippen molar-refractivity contribution in [3.8, 4) is 11.5 Å². The molecule has 4 aromatic rings. The van der Waals surface area contributed by atoms with Gasteiger partial charge in [0.2, 0.25) is 11.8 Å². The SMILES string of the molecule is COc1cc(/C=C(/CC[C@H]2OC[C@H]3C2=C(CO[Si](c2ccccc2)(c2ccccc2)C(C)(C)C)C[C@H]2C(=O)N(CCCCCC(=O)O)C(=O)[C@H]23)c2ccccn2)cc(I)c1O. The van der Waals surface area contributed by atoms with Gasteiger partial charge in [-0.25, -0.2) is 0 Å². The Kier molecular flexibility index (Phi) is 14.0. The summed E-state index contributed by atoms with van der Waals surface area (Å²) in [5, 5.41) is 21.7. The molecular formula is C49H55IN2O8Si. The number of pyridine rings is 1. The summed E-state index contributed by atoms with van der Waals surface area (Å²) in [5.41, 5.74) is 4.78. The number of ether oxygens (including phenoxy) is 2. The molecule has 7 rings (SSSR count). The van der Waals surface area contributed by atoms with Crippen molar-refractivity contribution in [3.05, 3.63) is 123 Å². The zero-order valence-corrected chi connectivity index (χ0v) is 38.5. The van der Waals surface area contributed by atoms with Gasteiger partial charge in [0.15, 0.2) is 11.5 Å². The number of nitrogens with zero attached hydrogens (tertiary/aromatic N) is 2. The Morgan fingerprint density at radius 2 is 1.62 bits per heavy atom. The van der Waals surface area contributed by atoms with E-state index in [1.807, 2.05) is 42.5 Å². The Hall–Kier alpha value is -4.63. The molecule has 0 spiro atoms. The Labute approximate surface area is 373 Å². The number of carboxylic acids is 1. The molecule has 2 N–H and O–H groups in total. The average Bonchev–Trinajstić information content (AvgIpc) is 3.78. The quantitative estimate of drug-likeness (QED) is 0.0353. The minimum Gasteiger partial charge on any atom is -0.504 e. The monoisotopic (exact) mass is 954 g/mol. The maximum absolute atomic E-state index is 14.3. The number of fused-ring (bicyclic) bond motifs is 3. The molecule has 1 aromatic heterocycles. The largest absolute Gasteiger partial charge is 0.504 e. The molecule has 0 bridgehead atoms. The number of carbonyl (C=O) groups is 3. The van der Waals surface area contributed by atoms with Crippen molar-refractivity contribution in [2.75, 3.05) is 26.9 Å².